The molecule has 0 aromatic carbocycles. The molecule has 0 saturated heterocycles. The number of rotatable bonds is 0. The van der Waals surface area contributed by atoms with Crippen LogP contribution < -0.4 is 0 Å². The minimum Gasteiger partial charge on any atom is -0.463 e. The van der Waals surface area contributed by atoms with Crippen molar-refractivity contribution in [2.24, 2.45) is 0 Å². The van der Waals surface area contributed by atoms with Gasteiger partial charge in [-0.1, -0.05) is 4.48 Å². The van der Waals surface area contributed by atoms with Gasteiger partial charge in [0.2, 0.25) is 0 Å². The number of hydrogen-bond donors (Lipinski definition) is 2. The quantitative estimate of drug-likeness (QED) is 0.363. The number of amides is 2. The molecule has 0 unspecified atom stereocenters. The molecule has 0 heterocycles. The average molecular weight is 149 g/mol. The fraction of sp³-hybridized carbons (Fsp3) is 0. The van der Waals surface area contributed by atoms with E-state index >= 15 is 0 Å². The van der Waals surface area contributed by atoms with Gasteiger partial charge in [0.05, 0.1) is 0 Å². The molecule has 0 rings (SSSR count). The van der Waals surface area contributed by atoms with Crippen LogP contribution in [0.5, 0.6) is 0 Å². The number of imide groups is 1. The van der Waals surface area contributed by atoms with E-state index in [1.807, 2.05) is 0 Å². The molecule has 0 aliphatic heterocycles. The lowest BCUT2D eigenvalue weighted by Crippen LogP contribution is -2.25. The van der Waals surface area contributed by atoms with Crippen molar-refractivity contribution in [3.05, 3.63) is 0 Å². The smallest absolute Gasteiger partial charge is 0.446 e. The van der Waals surface area contributed by atoms with E-state index in [-0.39, 0.29) is 23.1 Å². The summed E-state index contributed by atoms with van der Waals surface area (Å²) in [6.45, 7) is 0. The van der Waals surface area contributed by atoms with Crippen molar-refractivity contribution in [3.8, 4) is 0 Å². The summed E-state index contributed by atoms with van der Waals surface area (Å²) in [5.74, 6) is 0. The molecule has 0 radical (unpaired) electrons. The third kappa shape index (κ3) is 3.97. The molecule has 0 aliphatic carbocycles. The molecule has 50 valence electrons. The second-order valence-corrected chi connectivity index (χ2v) is 0.846. The predicted octanol–water partition coefficient (Wildman–Crippen LogP) is -0.387. The van der Waals surface area contributed by atoms with Gasteiger partial charge in [-0.15, -0.1) is 0 Å². The highest BCUT2D eigenvalue weighted by Gasteiger charge is 2.17. The van der Waals surface area contributed by atoms with Crippen molar-refractivity contribution in [1.29, 1.82) is 0 Å². The summed E-state index contributed by atoms with van der Waals surface area (Å²) < 4.78 is 11.3. The van der Waals surface area contributed by atoms with Crippen molar-refractivity contribution < 1.29 is 24.3 Å². The average Bonchev–Trinajstić information content (AvgIpc) is 1.64. The summed E-state index contributed by atoms with van der Waals surface area (Å²) in [5, 5.41) is 13.7. The Hall–Kier alpha value is -0.564. The third-order valence-electron chi connectivity index (χ3n) is 0.336. The second kappa shape index (κ2) is 4.33. The van der Waals surface area contributed by atoms with E-state index in [9.17, 15) is 14.1 Å². The lowest BCUT2D eigenvalue weighted by Gasteiger charge is -1.96. The number of nitrogens with zero attached hydrogens (tertiary/aromatic N) is 1. The van der Waals surface area contributed by atoms with Gasteiger partial charge >= 0.3 is 35.2 Å². The van der Waals surface area contributed by atoms with Gasteiger partial charge in [0, 0.05) is 0 Å². The molecule has 2 N–H and O–H groups in total. The fourth-order valence-electron chi connectivity index (χ4n) is 0.0818. The van der Waals surface area contributed by atoms with Gasteiger partial charge in [0.25, 0.3) is 0 Å². The predicted molar refractivity (Wildman–Crippen MR) is 27.5 cm³/mol. The van der Waals surface area contributed by atoms with Crippen molar-refractivity contribution in [3.63, 3.8) is 0 Å². The van der Waals surface area contributed by atoms with E-state index in [2.05, 4.69) is 0 Å². The topological polar surface area (TPSA) is 77.8 Å². The maximum Gasteiger partial charge on any atom is 0.446 e. The molecule has 5 nitrogen and oxygen atoms in total. The Labute approximate surface area is 65.1 Å². The zero-order chi connectivity index (χ0) is 6.73. The molecular weight excluding hydrogens is 145 g/mol. The van der Waals surface area contributed by atoms with Gasteiger partial charge in [-0.2, -0.15) is 0 Å². The van der Waals surface area contributed by atoms with Crippen LogP contribution in [0.1, 0.15) is 0 Å². The molecule has 0 atom stereocenters. The fourth-order valence-corrected chi connectivity index (χ4v) is 0.0818. The molecule has 0 spiro atoms. The van der Waals surface area contributed by atoms with Crippen LogP contribution >= 0.6 is 0 Å². The number of hydrogen-bond acceptors (Lipinski definition) is 2. The van der Waals surface area contributed by atoms with Gasteiger partial charge in [-0.3, -0.25) is 0 Å². The van der Waals surface area contributed by atoms with Crippen LogP contribution in [0.4, 0.5) is 14.1 Å². The standard InChI is InChI=1S/C2H2FNO4.Mg.2H/c3-4(1(5)6)2(7)8;;;/h(H,5,6)(H,7,8);;;. The minimum absolute atomic E-state index is 0. The van der Waals surface area contributed by atoms with Crippen molar-refractivity contribution >= 4 is 35.2 Å². The van der Waals surface area contributed by atoms with Gasteiger partial charge in [-0.25, -0.2) is 9.59 Å². The molecule has 0 aromatic heterocycles. The van der Waals surface area contributed by atoms with Gasteiger partial charge in [0.15, 0.2) is 0 Å². The molecule has 0 aliphatic rings. The van der Waals surface area contributed by atoms with Crippen molar-refractivity contribution in [1.82, 2.24) is 5.12 Å². The van der Waals surface area contributed by atoms with Crippen LogP contribution in [0.25, 0.3) is 0 Å². The normalized spacial score (nSPS) is 7.22. The largest absolute Gasteiger partial charge is 0.463 e. The van der Waals surface area contributed by atoms with Gasteiger partial charge in [-0.05, 0) is 5.12 Å². The Morgan fingerprint density at radius 2 is 1.44 bits per heavy atom. The summed E-state index contributed by atoms with van der Waals surface area (Å²) in [6, 6.07) is 0. The van der Waals surface area contributed by atoms with E-state index in [1.165, 1.54) is 0 Å². The van der Waals surface area contributed by atoms with E-state index in [1.54, 1.807) is 0 Å². The summed E-state index contributed by atoms with van der Waals surface area (Å²) in [4.78, 5) is 18.6. The molecule has 0 aromatic rings. The first-order chi connectivity index (χ1) is 3.55. The van der Waals surface area contributed by atoms with E-state index in [0.717, 1.165) is 0 Å². The summed E-state index contributed by atoms with van der Waals surface area (Å²) in [7, 11) is 0. The van der Waals surface area contributed by atoms with Crippen LogP contribution in [0.15, 0.2) is 0 Å². The van der Waals surface area contributed by atoms with Crippen LogP contribution in [0.3, 0.4) is 0 Å². The summed E-state index contributed by atoms with van der Waals surface area (Å²) in [6.07, 6.45) is -4.28. The Bertz CT molecular complexity index is 114. The zero-order valence-corrected chi connectivity index (χ0v) is 3.54. The second-order valence-electron chi connectivity index (χ2n) is 0.846. The summed E-state index contributed by atoms with van der Waals surface area (Å²) >= 11 is 0. The highest BCUT2D eigenvalue weighted by molar-refractivity contribution is 5.83. The first-order valence-corrected chi connectivity index (χ1v) is 1.47. The Morgan fingerprint density at radius 1 is 1.22 bits per heavy atom. The third-order valence-corrected chi connectivity index (χ3v) is 0.336. The molecule has 0 saturated carbocycles. The molecule has 0 bridgehead atoms. The highest BCUT2D eigenvalue weighted by atomic mass is 24.3. The van der Waals surface area contributed by atoms with Crippen molar-refractivity contribution in [2.45, 2.75) is 0 Å². The number of carboxylic acid groups (broad SMARTS) is 2. The van der Waals surface area contributed by atoms with Gasteiger partial charge in [0.1, 0.15) is 0 Å². The Kier molecular flexibility index (Phi) is 5.42. The lowest BCUT2D eigenvalue weighted by atomic mass is 11.0. The van der Waals surface area contributed by atoms with E-state index in [4.69, 9.17) is 10.2 Å². The van der Waals surface area contributed by atoms with Crippen LogP contribution in [0.2, 0.25) is 0 Å². The highest BCUT2D eigenvalue weighted by Crippen LogP contribution is 1.88. The first kappa shape index (κ1) is 11.3. The molecule has 2 amide bonds. The molecule has 7 heteroatoms. The maximum atomic E-state index is 11.3. The maximum absolute atomic E-state index is 11.3. The van der Waals surface area contributed by atoms with Crippen LogP contribution in [0, 0.1) is 0 Å². The van der Waals surface area contributed by atoms with Gasteiger partial charge < -0.3 is 10.2 Å². The number of halogens is 1. The molecule has 9 heavy (non-hydrogen) atoms. The minimum atomic E-state index is -2.14. The molecular formula is C2H4FMgNO4. The van der Waals surface area contributed by atoms with E-state index < -0.39 is 17.3 Å². The monoisotopic (exact) mass is 149 g/mol. The summed E-state index contributed by atoms with van der Waals surface area (Å²) in [5.41, 5.74) is 0. The van der Waals surface area contributed by atoms with Crippen molar-refractivity contribution in [2.75, 3.05) is 0 Å². The SMILES string of the molecule is O=C(O)N(F)C(=O)O.[MgH2]. The Morgan fingerprint density at radius 3 is 1.44 bits per heavy atom. The van der Waals surface area contributed by atoms with E-state index in [0.29, 0.717) is 0 Å². The lowest BCUT2D eigenvalue weighted by molar-refractivity contribution is 0.0362. The molecule has 0 fully saturated rings. The first-order valence-electron chi connectivity index (χ1n) is 1.47. The zero-order valence-electron chi connectivity index (χ0n) is 3.54. The van der Waals surface area contributed by atoms with Crippen LogP contribution in [-0.2, 0) is 0 Å². The Balaban J connectivity index is 0. The number of carbonyl (C=O) groups is 2. The van der Waals surface area contributed by atoms with Crippen LogP contribution in [-0.4, -0.2) is 50.6 Å².